The molecule has 1 spiro atoms. The Morgan fingerprint density at radius 3 is 2.33 bits per heavy atom. The number of carbonyl (C=O) groups is 5. The molecule has 1 N–H and O–H groups in total. The second-order valence-corrected chi connectivity index (χ2v) is 16.9. The van der Waals surface area contributed by atoms with Gasteiger partial charge in [0.15, 0.2) is 0 Å². The van der Waals surface area contributed by atoms with Gasteiger partial charge in [-0.15, -0.1) is 0 Å². The first-order valence-corrected chi connectivity index (χ1v) is 20.3. The zero-order valence-corrected chi connectivity index (χ0v) is 32.5. The van der Waals surface area contributed by atoms with Crippen molar-refractivity contribution in [2.24, 2.45) is 11.3 Å². The van der Waals surface area contributed by atoms with Gasteiger partial charge < -0.3 is 19.6 Å². The minimum atomic E-state index is -0.974. The molecule has 5 amide bonds. The molecule has 14 heteroatoms. The summed E-state index contributed by atoms with van der Waals surface area (Å²) in [6.07, 6.45) is 3.25. The predicted molar refractivity (Wildman–Crippen MR) is 216 cm³/mol. The van der Waals surface area contributed by atoms with Crippen LogP contribution in [0.2, 0.25) is 5.02 Å². The zero-order valence-electron chi connectivity index (χ0n) is 31.8. The Morgan fingerprint density at radius 2 is 1.54 bits per heavy atom. The molecular weight excluding hydrogens is 744 g/mol. The van der Waals surface area contributed by atoms with Crippen LogP contribution < -0.4 is 20.0 Å². The molecule has 6 heterocycles. The summed E-state index contributed by atoms with van der Waals surface area (Å²) in [7, 11) is 0. The number of piperazine rings is 1. The maximum atomic E-state index is 13.8. The number of nitrogens with one attached hydrogen (secondary N) is 1. The van der Waals surface area contributed by atoms with Crippen molar-refractivity contribution in [1.29, 1.82) is 0 Å². The summed E-state index contributed by atoms with van der Waals surface area (Å²) < 4.78 is 0. The minimum absolute atomic E-state index is 0.0623. The highest BCUT2D eigenvalue weighted by Crippen LogP contribution is 2.43. The molecule has 0 bridgehead atoms. The fraction of sp³-hybridized carbons (Fsp3) is 0.442. The molecule has 3 aromatic rings. The first-order chi connectivity index (χ1) is 27.6. The number of imide groups is 2. The average molecular weight is 789 g/mol. The summed E-state index contributed by atoms with van der Waals surface area (Å²) in [5.74, 6) is -1.42. The van der Waals surface area contributed by atoms with E-state index >= 15 is 0 Å². The zero-order chi connectivity index (χ0) is 39.4. The van der Waals surface area contributed by atoms with Crippen LogP contribution in [0.1, 0.15) is 63.2 Å². The van der Waals surface area contributed by atoms with Gasteiger partial charge >= 0.3 is 0 Å². The van der Waals surface area contributed by atoms with Crippen molar-refractivity contribution < 1.29 is 24.0 Å². The van der Waals surface area contributed by atoms with Gasteiger partial charge in [-0.3, -0.25) is 39.1 Å². The number of halogens is 1. The number of carbonyl (C=O) groups excluding carboxylic acids is 5. The van der Waals surface area contributed by atoms with Crippen molar-refractivity contribution in [2.75, 3.05) is 86.7 Å². The highest BCUT2D eigenvalue weighted by molar-refractivity contribution is 6.33. The van der Waals surface area contributed by atoms with Crippen molar-refractivity contribution in [2.45, 2.75) is 38.1 Å². The number of hydrogen-bond acceptors (Lipinski definition) is 9. The number of amides is 5. The molecule has 0 radical (unpaired) electrons. The van der Waals surface area contributed by atoms with Crippen molar-refractivity contribution in [3.63, 3.8) is 0 Å². The molecule has 13 nitrogen and oxygen atoms in total. The highest BCUT2D eigenvalue weighted by atomic mass is 35.5. The predicted octanol–water partition coefficient (Wildman–Crippen LogP) is 4.68. The molecule has 0 saturated carbocycles. The second-order valence-electron chi connectivity index (χ2n) is 16.5. The van der Waals surface area contributed by atoms with Crippen LogP contribution in [0.5, 0.6) is 0 Å². The van der Waals surface area contributed by atoms with Gasteiger partial charge in [0.25, 0.3) is 17.7 Å². The number of fused-ring (bicyclic) bond motifs is 1. The number of anilines is 3. The van der Waals surface area contributed by atoms with Gasteiger partial charge in [-0.25, -0.2) is 4.85 Å². The van der Waals surface area contributed by atoms with Gasteiger partial charge in [0, 0.05) is 111 Å². The number of piperidine rings is 1. The van der Waals surface area contributed by atoms with Crippen LogP contribution in [-0.4, -0.2) is 122 Å². The van der Waals surface area contributed by atoms with Gasteiger partial charge in [-0.2, -0.15) is 0 Å². The Hall–Kier alpha value is -5.45. The summed E-state index contributed by atoms with van der Waals surface area (Å²) in [6.45, 7) is 16.8. The van der Waals surface area contributed by atoms with Crippen LogP contribution in [0.15, 0.2) is 60.7 Å². The topological polar surface area (TPSA) is 121 Å². The maximum Gasteiger partial charge on any atom is 0.262 e. The summed E-state index contributed by atoms with van der Waals surface area (Å²) in [4.78, 5) is 80.5. The second kappa shape index (κ2) is 14.8. The van der Waals surface area contributed by atoms with E-state index in [9.17, 15) is 24.0 Å². The lowest BCUT2D eigenvalue weighted by molar-refractivity contribution is -0.136. The number of nitrogens with zero attached hydrogens (tertiary/aromatic N) is 7. The maximum absolute atomic E-state index is 13.8. The largest absolute Gasteiger partial charge is 0.371 e. The molecule has 57 heavy (non-hydrogen) atoms. The fourth-order valence-electron chi connectivity index (χ4n) is 9.82. The first-order valence-electron chi connectivity index (χ1n) is 20.0. The Bertz CT molecular complexity index is 2220. The number of likely N-dealkylation sites (tertiary alicyclic amines) is 1. The molecule has 3 atom stereocenters. The third-order valence-electron chi connectivity index (χ3n) is 13.0. The lowest BCUT2D eigenvalue weighted by Gasteiger charge is -2.37. The Labute approximate surface area is 336 Å². The molecule has 6 aliphatic heterocycles. The number of benzene rings is 3. The van der Waals surface area contributed by atoms with Gasteiger partial charge in [-0.05, 0) is 80.1 Å². The van der Waals surface area contributed by atoms with E-state index in [-0.39, 0.29) is 24.2 Å². The fourth-order valence-corrected chi connectivity index (χ4v) is 10.0. The SMILES string of the molecule is [C-]#[N+]c1ccc(N2CCC3(CCN(C(=O)c4cccc(N5CCN(C[C@H]6CCN(c7ccc8c(c7)C(=O)N(C7CCC(=O)NC7=O)C8=O)C6)CC5)c4)C3)C2)cc1Cl. The highest BCUT2D eigenvalue weighted by Gasteiger charge is 2.46. The van der Waals surface area contributed by atoms with Crippen molar-refractivity contribution in [1.82, 2.24) is 20.0 Å². The van der Waals surface area contributed by atoms with Gasteiger partial charge in [-0.1, -0.05) is 23.7 Å². The van der Waals surface area contributed by atoms with Crippen LogP contribution in [0.4, 0.5) is 22.7 Å². The van der Waals surface area contributed by atoms with Gasteiger partial charge in [0.2, 0.25) is 17.5 Å². The van der Waals surface area contributed by atoms with Crippen LogP contribution in [0.25, 0.3) is 4.85 Å². The van der Waals surface area contributed by atoms with Crippen molar-refractivity contribution in [3.05, 3.63) is 93.8 Å². The van der Waals surface area contributed by atoms with E-state index in [4.69, 9.17) is 18.2 Å². The van der Waals surface area contributed by atoms with Gasteiger partial charge in [0.05, 0.1) is 17.7 Å². The quantitative estimate of drug-likeness (QED) is 0.269. The molecule has 0 aromatic heterocycles. The molecule has 5 fully saturated rings. The Morgan fingerprint density at radius 1 is 0.789 bits per heavy atom. The van der Waals surface area contributed by atoms with E-state index in [1.54, 1.807) is 18.2 Å². The third-order valence-corrected chi connectivity index (χ3v) is 13.3. The van der Waals surface area contributed by atoms with Crippen LogP contribution in [-0.2, 0) is 9.59 Å². The number of hydrogen-bond donors (Lipinski definition) is 1. The lowest BCUT2D eigenvalue weighted by atomic mass is 9.86. The smallest absolute Gasteiger partial charge is 0.262 e. The van der Waals surface area contributed by atoms with E-state index in [0.717, 1.165) is 119 Å². The molecular formula is C43H45ClN8O5. The molecule has 2 unspecified atom stereocenters. The lowest BCUT2D eigenvalue weighted by Crippen LogP contribution is -2.54. The first kappa shape index (κ1) is 37.1. The monoisotopic (exact) mass is 788 g/mol. The van der Waals surface area contributed by atoms with E-state index < -0.39 is 29.7 Å². The summed E-state index contributed by atoms with van der Waals surface area (Å²) >= 11 is 6.34. The molecule has 294 valence electrons. The van der Waals surface area contributed by atoms with Gasteiger partial charge in [0.1, 0.15) is 6.04 Å². The summed E-state index contributed by atoms with van der Waals surface area (Å²) in [5, 5.41) is 2.73. The summed E-state index contributed by atoms with van der Waals surface area (Å²) in [5.41, 5.74) is 4.87. The van der Waals surface area contributed by atoms with E-state index in [1.165, 1.54) is 0 Å². The third kappa shape index (κ3) is 6.99. The van der Waals surface area contributed by atoms with E-state index in [0.29, 0.717) is 27.8 Å². The average Bonchev–Trinajstić information content (AvgIpc) is 4.02. The van der Waals surface area contributed by atoms with E-state index in [1.807, 2.05) is 35.2 Å². The standard InChI is InChI=1S/C43H45ClN8O5/c1-45-36-8-6-32(23-35(36)44)50-15-12-43(26-50)13-16-51(27-43)40(55)29-3-2-4-30(21-29)48-19-17-47(18-20-48)24-28-11-14-49(25-28)31-5-7-33-34(22-31)42(57)52(41(33)56)37-9-10-38(53)46-39(37)54/h2-8,21-23,28,37H,9-20,24-27H2,(H,46,53,54)/t28-,37?,43?/m1/s1. The molecule has 3 aromatic carbocycles. The Balaban J connectivity index is 0.761. The van der Waals surface area contributed by atoms with Crippen molar-refractivity contribution >= 4 is 63.9 Å². The normalized spacial score (nSPS) is 25.2. The Kier molecular flexibility index (Phi) is 9.65. The number of rotatable bonds is 7. The molecule has 5 saturated heterocycles. The molecule has 6 aliphatic rings. The molecule has 0 aliphatic carbocycles. The van der Waals surface area contributed by atoms with E-state index in [2.05, 4.69) is 41.9 Å². The van der Waals surface area contributed by atoms with Crippen LogP contribution in [0, 0.1) is 17.9 Å². The van der Waals surface area contributed by atoms with Crippen molar-refractivity contribution in [3.8, 4) is 0 Å². The summed E-state index contributed by atoms with van der Waals surface area (Å²) in [6, 6.07) is 18.1. The molecule has 9 rings (SSSR count). The van der Waals surface area contributed by atoms with Crippen LogP contribution in [0.3, 0.4) is 0 Å². The van der Waals surface area contributed by atoms with Crippen LogP contribution >= 0.6 is 11.6 Å². The minimum Gasteiger partial charge on any atom is -0.371 e.